The summed E-state index contributed by atoms with van der Waals surface area (Å²) in [5.41, 5.74) is 0. The minimum absolute atomic E-state index is 0.349. The van der Waals surface area contributed by atoms with Gasteiger partial charge in [-0.2, -0.15) is 0 Å². The van der Waals surface area contributed by atoms with E-state index in [9.17, 15) is 4.79 Å². The van der Waals surface area contributed by atoms with Gasteiger partial charge in [-0.3, -0.25) is 4.79 Å². The first-order chi connectivity index (χ1) is 6.31. The van der Waals surface area contributed by atoms with Gasteiger partial charge in [0, 0.05) is 26.1 Å². The minimum Gasteiger partial charge on any atom is -0.382 e. The number of unbranched alkanes of at least 4 members (excludes halogenated alkanes) is 1. The zero-order chi connectivity index (χ0) is 9.94. The predicted molar refractivity (Wildman–Crippen MR) is 54.8 cm³/mol. The molecule has 0 heterocycles. The molecular weight excluding hydrogens is 164 g/mol. The maximum absolute atomic E-state index is 11.2. The van der Waals surface area contributed by atoms with Crippen molar-refractivity contribution in [3.05, 3.63) is 12.7 Å². The lowest BCUT2D eigenvalue weighted by molar-refractivity contribution is -0.119. The van der Waals surface area contributed by atoms with Crippen molar-refractivity contribution >= 4 is 5.78 Å². The Morgan fingerprint density at radius 2 is 2.08 bits per heavy atom. The number of carbonyl (C=O) groups excluding carboxylic acids is 1. The molecule has 0 aromatic heterocycles. The fourth-order valence-electron chi connectivity index (χ4n) is 1.08. The second-order valence-electron chi connectivity index (χ2n) is 3.02. The highest BCUT2D eigenvalue weighted by Crippen LogP contribution is 2.02. The fourth-order valence-corrected chi connectivity index (χ4v) is 1.08. The lowest BCUT2D eigenvalue weighted by Crippen LogP contribution is -2.01. The third-order valence-electron chi connectivity index (χ3n) is 1.81. The summed E-state index contributed by atoms with van der Waals surface area (Å²) in [6, 6.07) is 0. The summed E-state index contributed by atoms with van der Waals surface area (Å²) in [6.45, 7) is 7.03. The molecule has 0 unspecified atom stereocenters. The number of hydrogen-bond acceptors (Lipinski definition) is 2. The van der Waals surface area contributed by atoms with Gasteiger partial charge >= 0.3 is 0 Å². The van der Waals surface area contributed by atoms with Gasteiger partial charge < -0.3 is 4.74 Å². The molecule has 0 aromatic rings. The second kappa shape index (κ2) is 9.46. The van der Waals surface area contributed by atoms with Gasteiger partial charge in [0.25, 0.3) is 0 Å². The van der Waals surface area contributed by atoms with Gasteiger partial charge in [0.1, 0.15) is 5.78 Å². The topological polar surface area (TPSA) is 26.3 Å². The number of hydrogen-bond donors (Lipinski definition) is 0. The molecule has 0 spiro atoms. The van der Waals surface area contributed by atoms with Crippen molar-refractivity contribution in [1.29, 1.82) is 0 Å². The van der Waals surface area contributed by atoms with Crippen molar-refractivity contribution in [3.8, 4) is 0 Å². The van der Waals surface area contributed by atoms with Crippen LogP contribution in [0.1, 0.15) is 39.0 Å². The molecule has 0 rings (SSSR count). The highest BCUT2D eigenvalue weighted by molar-refractivity contribution is 5.78. The Morgan fingerprint density at radius 3 is 2.69 bits per heavy atom. The molecule has 0 aromatic carbocycles. The fraction of sp³-hybridized carbons (Fsp3) is 0.727. The molecule has 0 saturated carbocycles. The number of ketones is 1. The van der Waals surface area contributed by atoms with Gasteiger partial charge in [0.2, 0.25) is 0 Å². The number of ether oxygens (including phenoxy) is 1. The Kier molecular flexibility index (Phi) is 9.00. The third kappa shape index (κ3) is 9.28. The Hall–Kier alpha value is -0.630. The van der Waals surface area contributed by atoms with E-state index in [1.807, 2.05) is 13.0 Å². The van der Waals surface area contributed by atoms with E-state index in [1.165, 1.54) is 0 Å². The molecule has 0 saturated heterocycles. The largest absolute Gasteiger partial charge is 0.382 e. The Morgan fingerprint density at radius 1 is 1.38 bits per heavy atom. The van der Waals surface area contributed by atoms with Crippen molar-refractivity contribution < 1.29 is 9.53 Å². The summed E-state index contributed by atoms with van der Waals surface area (Å²) in [4.78, 5) is 11.2. The van der Waals surface area contributed by atoms with E-state index < -0.39 is 0 Å². The Bertz CT molecular complexity index is 141. The second-order valence-corrected chi connectivity index (χ2v) is 3.02. The molecule has 0 bridgehead atoms. The zero-order valence-corrected chi connectivity index (χ0v) is 8.55. The van der Waals surface area contributed by atoms with E-state index in [2.05, 4.69) is 6.58 Å². The third-order valence-corrected chi connectivity index (χ3v) is 1.81. The van der Waals surface area contributed by atoms with Crippen LogP contribution in [0.2, 0.25) is 0 Å². The van der Waals surface area contributed by atoms with Gasteiger partial charge in [-0.05, 0) is 26.2 Å². The van der Waals surface area contributed by atoms with Crippen LogP contribution in [0, 0.1) is 0 Å². The van der Waals surface area contributed by atoms with Crippen molar-refractivity contribution in [2.45, 2.75) is 39.0 Å². The van der Waals surface area contributed by atoms with Crippen LogP contribution < -0.4 is 0 Å². The number of rotatable bonds is 9. The lowest BCUT2D eigenvalue weighted by Gasteiger charge is -2.00. The van der Waals surface area contributed by atoms with Gasteiger partial charge in [-0.15, -0.1) is 6.58 Å². The smallest absolute Gasteiger partial charge is 0.133 e. The monoisotopic (exact) mass is 184 g/mol. The Labute approximate surface area is 81.0 Å². The summed E-state index contributed by atoms with van der Waals surface area (Å²) in [5, 5.41) is 0. The SMILES string of the molecule is C=CCCCC(=O)CCCOCC. The van der Waals surface area contributed by atoms with Crippen molar-refractivity contribution in [2.75, 3.05) is 13.2 Å². The van der Waals surface area contributed by atoms with Crippen LogP contribution in [0.25, 0.3) is 0 Å². The average molecular weight is 184 g/mol. The first kappa shape index (κ1) is 12.4. The van der Waals surface area contributed by atoms with Crippen LogP contribution in [-0.4, -0.2) is 19.0 Å². The van der Waals surface area contributed by atoms with Crippen molar-refractivity contribution in [1.82, 2.24) is 0 Å². The van der Waals surface area contributed by atoms with Crippen molar-refractivity contribution in [3.63, 3.8) is 0 Å². The van der Waals surface area contributed by atoms with Crippen LogP contribution in [0.3, 0.4) is 0 Å². The van der Waals surface area contributed by atoms with Crippen LogP contribution in [0.5, 0.6) is 0 Å². The highest BCUT2D eigenvalue weighted by atomic mass is 16.5. The first-order valence-corrected chi connectivity index (χ1v) is 5.01. The number of carbonyl (C=O) groups is 1. The average Bonchev–Trinajstić information content (AvgIpc) is 2.13. The molecule has 0 aliphatic rings. The van der Waals surface area contributed by atoms with Crippen LogP contribution in [0.15, 0.2) is 12.7 Å². The summed E-state index contributed by atoms with van der Waals surface area (Å²) in [5.74, 6) is 0.349. The van der Waals surface area contributed by atoms with E-state index in [0.29, 0.717) is 25.2 Å². The molecule has 0 N–H and O–H groups in total. The van der Waals surface area contributed by atoms with Gasteiger partial charge in [-0.1, -0.05) is 6.08 Å². The molecule has 0 atom stereocenters. The summed E-state index contributed by atoms with van der Waals surface area (Å²) < 4.78 is 5.14. The predicted octanol–water partition coefficient (Wildman–Crippen LogP) is 2.73. The molecule has 2 heteroatoms. The molecule has 0 radical (unpaired) electrons. The molecular formula is C11H20O2. The van der Waals surface area contributed by atoms with Gasteiger partial charge in [0.05, 0.1) is 0 Å². The Balaban J connectivity index is 3.15. The van der Waals surface area contributed by atoms with E-state index in [1.54, 1.807) is 0 Å². The zero-order valence-electron chi connectivity index (χ0n) is 8.55. The summed E-state index contributed by atoms with van der Waals surface area (Å²) in [6.07, 6.45) is 5.96. The van der Waals surface area contributed by atoms with E-state index >= 15 is 0 Å². The summed E-state index contributed by atoms with van der Waals surface area (Å²) in [7, 11) is 0. The van der Waals surface area contributed by atoms with E-state index in [-0.39, 0.29) is 0 Å². The minimum atomic E-state index is 0.349. The maximum atomic E-state index is 11.2. The molecule has 0 fully saturated rings. The van der Waals surface area contributed by atoms with E-state index in [4.69, 9.17) is 4.74 Å². The molecule has 2 nitrogen and oxygen atoms in total. The van der Waals surface area contributed by atoms with Crippen LogP contribution in [0.4, 0.5) is 0 Å². The first-order valence-electron chi connectivity index (χ1n) is 5.01. The molecule has 0 amide bonds. The van der Waals surface area contributed by atoms with Crippen LogP contribution in [-0.2, 0) is 9.53 Å². The quantitative estimate of drug-likeness (QED) is 0.407. The standard InChI is InChI=1S/C11H20O2/c1-3-5-6-8-11(12)9-7-10-13-4-2/h3H,1,4-10H2,2H3. The maximum Gasteiger partial charge on any atom is 0.133 e. The number of Topliss-reactive ketones (excluding diaryl/α,β-unsaturated/α-hetero) is 1. The lowest BCUT2D eigenvalue weighted by atomic mass is 10.1. The molecule has 13 heavy (non-hydrogen) atoms. The van der Waals surface area contributed by atoms with Gasteiger partial charge in [-0.25, -0.2) is 0 Å². The van der Waals surface area contributed by atoms with Crippen molar-refractivity contribution in [2.24, 2.45) is 0 Å². The van der Waals surface area contributed by atoms with Crippen LogP contribution >= 0.6 is 0 Å². The van der Waals surface area contributed by atoms with E-state index in [0.717, 1.165) is 25.9 Å². The van der Waals surface area contributed by atoms with Gasteiger partial charge in [0.15, 0.2) is 0 Å². The summed E-state index contributed by atoms with van der Waals surface area (Å²) >= 11 is 0. The molecule has 76 valence electrons. The highest BCUT2D eigenvalue weighted by Gasteiger charge is 2.00. The molecule has 0 aliphatic carbocycles. The normalized spacial score (nSPS) is 9.92. The molecule has 0 aliphatic heterocycles. The number of allylic oxidation sites excluding steroid dienone is 1.